The number of hydrogen-bond acceptors (Lipinski definition) is 3. The SMILES string of the molecule is CC(C)c1cccc2c1N[C@H](c1ccccc1[N+](=O)[O-])[C@H]1CC=C[C@H]21. The van der Waals surface area contributed by atoms with E-state index in [0.29, 0.717) is 17.8 Å². The molecule has 2 aliphatic rings. The van der Waals surface area contributed by atoms with E-state index in [1.807, 2.05) is 12.1 Å². The number of benzene rings is 2. The van der Waals surface area contributed by atoms with Crippen molar-refractivity contribution in [1.82, 2.24) is 0 Å². The van der Waals surface area contributed by atoms with Gasteiger partial charge in [-0.15, -0.1) is 0 Å². The van der Waals surface area contributed by atoms with Crippen molar-refractivity contribution in [2.75, 3.05) is 5.32 Å². The molecule has 0 saturated heterocycles. The smallest absolute Gasteiger partial charge is 0.274 e. The molecular formula is C21H22N2O2. The third kappa shape index (κ3) is 2.53. The highest BCUT2D eigenvalue weighted by molar-refractivity contribution is 5.66. The molecule has 0 bridgehead atoms. The molecule has 3 atom stereocenters. The van der Waals surface area contributed by atoms with Crippen molar-refractivity contribution in [3.63, 3.8) is 0 Å². The van der Waals surface area contributed by atoms with Gasteiger partial charge >= 0.3 is 0 Å². The summed E-state index contributed by atoms with van der Waals surface area (Å²) in [6.45, 7) is 4.38. The van der Waals surface area contributed by atoms with Gasteiger partial charge < -0.3 is 5.32 Å². The molecule has 0 unspecified atom stereocenters. The second kappa shape index (κ2) is 6.03. The highest BCUT2D eigenvalue weighted by Crippen LogP contribution is 2.52. The third-order valence-corrected chi connectivity index (χ3v) is 5.52. The lowest BCUT2D eigenvalue weighted by atomic mass is 9.75. The van der Waals surface area contributed by atoms with E-state index in [2.05, 4.69) is 49.5 Å². The summed E-state index contributed by atoms with van der Waals surface area (Å²) in [5, 5.41) is 15.2. The standard InChI is InChI=1S/C21H22N2O2/c1-13(2)14-8-5-10-16-15-9-6-11-17(15)21(22-20(14)16)18-7-3-4-12-19(18)23(24)25/h3-10,12-13,15,17,21-22H,11H2,1-2H3/t15-,17+,21+/m1/s1. The van der Waals surface area contributed by atoms with E-state index in [-0.39, 0.29) is 16.7 Å². The Labute approximate surface area is 147 Å². The average molecular weight is 334 g/mol. The van der Waals surface area contributed by atoms with Crippen LogP contribution >= 0.6 is 0 Å². The first-order chi connectivity index (χ1) is 12.1. The van der Waals surface area contributed by atoms with Gasteiger partial charge in [0.25, 0.3) is 5.69 Å². The number of anilines is 1. The Bertz CT molecular complexity index is 857. The van der Waals surface area contributed by atoms with Gasteiger partial charge in [0.2, 0.25) is 0 Å². The number of nitrogens with zero attached hydrogens (tertiary/aromatic N) is 1. The average Bonchev–Trinajstić information content (AvgIpc) is 3.10. The monoisotopic (exact) mass is 334 g/mol. The molecule has 0 amide bonds. The van der Waals surface area contributed by atoms with Gasteiger partial charge in [-0.05, 0) is 29.4 Å². The molecule has 1 aliphatic carbocycles. The molecule has 4 nitrogen and oxygen atoms in total. The maximum Gasteiger partial charge on any atom is 0.274 e. The number of allylic oxidation sites excluding steroid dienone is 2. The van der Waals surface area contributed by atoms with E-state index in [9.17, 15) is 10.1 Å². The summed E-state index contributed by atoms with van der Waals surface area (Å²) < 4.78 is 0. The van der Waals surface area contributed by atoms with Crippen molar-refractivity contribution in [3.8, 4) is 0 Å². The van der Waals surface area contributed by atoms with Crippen LogP contribution in [0.5, 0.6) is 0 Å². The Kier molecular flexibility index (Phi) is 3.83. The molecule has 0 aromatic heterocycles. The lowest BCUT2D eigenvalue weighted by Crippen LogP contribution is -2.30. The van der Waals surface area contributed by atoms with E-state index in [0.717, 1.165) is 17.7 Å². The number of hydrogen-bond donors (Lipinski definition) is 1. The molecular weight excluding hydrogens is 312 g/mol. The van der Waals surface area contributed by atoms with Gasteiger partial charge in [0.05, 0.1) is 16.5 Å². The summed E-state index contributed by atoms with van der Waals surface area (Å²) in [5.41, 5.74) is 4.75. The van der Waals surface area contributed by atoms with Crippen molar-refractivity contribution < 1.29 is 4.92 Å². The molecule has 0 fully saturated rings. The summed E-state index contributed by atoms with van der Waals surface area (Å²) >= 11 is 0. The Hall–Kier alpha value is -2.62. The fourth-order valence-corrected chi connectivity index (χ4v) is 4.35. The van der Waals surface area contributed by atoms with Crippen LogP contribution in [0.15, 0.2) is 54.6 Å². The summed E-state index contributed by atoms with van der Waals surface area (Å²) in [7, 11) is 0. The van der Waals surface area contributed by atoms with Crippen molar-refractivity contribution in [2.24, 2.45) is 5.92 Å². The fourth-order valence-electron chi connectivity index (χ4n) is 4.35. The minimum absolute atomic E-state index is 0.0472. The van der Waals surface area contributed by atoms with E-state index in [1.54, 1.807) is 12.1 Å². The van der Waals surface area contributed by atoms with Crippen molar-refractivity contribution in [2.45, 2.75) is 38.1 Å². The number of fused-ring (bicyclic) bond motifs is 3. The van der Waals surface area contributed by atoms with Crippen LogP contribution in [-0.4, -0.2) is 4.92 Å². The van der Waals surface area contributed by atoms with Crippen LogP contribution in [0.2, 0.25) is 0 Å². The van der Waals surface area contributed by atoms with Crippen LogP contribution in [0.1, 0.15) is 54.8 Å². The Balaban J connectivity index is 1.86. The molecule has 128 valence electrons. The van der Waals surface area contributed by atoms with Gasteiger partial charge in [-0.25, -0.2) is 0 Å². The number of nitrogens with one attached hydrogen (secondary N) is 1. The molecule has 2 aromatic rings. The molecule has 4 rings (SSSR count). The third-order valence-electron chi connectivity index (χ3n) is 5.52. The first-order valence-electron chi connectivity index (χ1n) is 8.87. The normalized spacial score (nSPS) is 23.9. The predicted molar refractivity (Wildman–Crippen MR) is 100.0 cm³/mol. The first-order valence-corrected chi connectivity index (χ1v) is 8.87. The molecule has 0 spiro atoms. The quantitative estimate of drug-likeness (QED) is 0.455. The molecule has 0 radical (unpaired) electrons. The number of rotatable bonds is 3. The zero-order chi connectivity index (χ0) is 17.6. The number of nitro benzene ring substituents is 1. The summed E-state index contributed by atoms with van der Waals surface area (Å²) in [6.07, 6.45) is 5.44. The van der Waals surface area contributed by atoms with Crippen LogP contribution in [0.25, 0.3) is 0 Å². The molecule has 1 aliphatic heterocycles. The highest BCUT2D eigenvalue weighted by atomic mass is 16.6. The molecule has 2 aromatic carbocycles. The number of nitro groups is 1. The summed E-state index contributed by atoms with van der Waals surface area (Å²) in [5.74, 6) is 1.03. The minimum atomic E-state index is -0.266. The zero-order valence-corrected chi connectivity index (χ0v) is 14.5. The Morgan fingerprint density at radius 2 is 1.88 bits per heavy atom. The lowest BCUT2D eigenvalue weighted by Gasteiger charge is -2.38. The van der Waals surface area contributed by atoms with Crippen molar-refractivity contribution in [1.29, 1.82) is 0 Å². The molecule has 1 N–H and O–H groups in total. The van der Waals surface area contributed by atoms with Gasteiger partial charge in [0.15, 0.2) is 0 Å². The van der Waals surface area contributed by atoms with Gasteiger partial charge in [0.1, 0.15) is 0 Å². The number of para-hydroxylation sites is 2. The lowest BCUT2D eigenvalue weighted by molar-refractivity contribution is -0.385. The molecule has 1 heterocycles. The first kappa shape index (κ1) is 15.9. The molecule has 4 heteroatoms. The topological polar surface area (TPSA) is 55.2 Å². The van der Waals surface area contributed by atoms with Crippen LogP contribution < -0.4 is 5.32 Å². The largest absolute Gasteiger partial charge is 0.377 e. The van der Waals surface area contributed by atoms with Gasteiger partial charge in [-0.3, -0.25) is 10.1 Å². The van der Waals surface area contributed by atoms with Crippen molar-refractivity contribution in [3.05, 3.63) is 81.4 Å². The van der Waals surface area contributed by atoms with E-state index in [1.165, 1.54) is 11.1 Å². The van der Waals surface area contributed by atoms with E-state index in [4.69, 9.17) is 0 Å². The van der Waals surface area contributed by atoms with Gasteiger partial charge in [-0.1, -0.05) is 62.4 Å². The fraction of sp³-hybridized carbons (Fsp3) is 0.333. The van der Waals surface area contributed by atoms with Crippen molar-refractivity contribution >= 4 is 11.4 Å². The van der Waals surface area contributed by atoms with E-state index >= 15 is 0 Å². The molecule has 25 heavy (non-hydrogen) atoms. The van der Waals surface area contributed by atoms with Gasteiger partial charge in [-0.2, -0.15) is 0 Å². The molecule has 0 saturated carbocycles. The Morgan fingerprint density at radius 1 is 1.12 bits per heavy atom. The minimum Gasteiger partial charge on any atom is -0.377 e. The summed E-state index contributed by atoms with van der Waals surface area (Å²) in [6, 6.07) is 13.6. The van der Waals surface area contributed by atoms with E-state index < -0.39 is 0 Å². The predicted octanol–water partition coefficient (Wildman–Crippen LogP) is 5.54. The maximum atomic E-state index is 11.5. The van der Waals surface area contributed by atoms with Crippen LogP contribution in [0, 0.1) is 16.0 Å². The summed E-state index contributed by atoms with van der Waals surface area (Å²) in [4.78, 5) is 11.3. The van der Waals surface area contributed by atoms with Crippen LogP contribution in [0.4, 0.5) is 11.4 Å². The maximum absolute atomic E-state index is 11.5. The zero-order valence-electron chi connectivity index (χ0n) is 14.5. The Morgan fingerprint density at radius 3 is 2.64 bits per heavy atom. The highest BCUT2D eigenvalue weighted by Gasteiger charge is 2.40. The van der Waals surface area contributed by atoms with Crippen LogP contribution in [-0.2, 0) is 0 Å². The second-order valence-corrected chi connectivity index (χ2v) is 7.26. The van der Waals surface area contributed by atoms with Gasteiger partial charge in [0, 0.05) is 17.7 Å². The van der Waals surface area contributed by atoms with Crippen LogP contribution in [0.3, 0.4) is 0 Å². The second-order valence-electron chi connectivity index (χ2n) is 7.26.